The molecule has 0 radical (unpaired) electrons. The summed E-state index contributed by atoms with van der Waals surface area (Å²) in [5.41, 5.74) is 4.90. The second kappa shape index (κ2) is 5.84. The van der Waals surface area contributed by atoms with Gasteiger partial charge in [0.25, 0.3) is 0 Å². The summed E-state index contributed by atoms with van der Waals surface area (Å²) in [6.07, 6.45) is 0.995. The van der Waals surface area contributed by atoms with Gasteiger partial charge in [-0.3, -0.25) is 0 Å². The first-order chi connectivity index (χ1) is 12.0. The number of hydrogen-bond donors (Lipinski definition) is 1. The first kappa shape index (κ1) is 18.4. The highest BCUT2D eigenvalue weighted by Crippen LogP contribution is 2.63. The fourth-order valence-corrected chi connectivity index (χ4v) is 4.94. The van der Waals surface area contributed by atoms with E-state index in [2.05, 4.69) is 65.5 Å². The number of aromatic carboxylic acids is 1. The first-order valence-corrected chi connectivity index (χ1v) is 9.14. The summed E-state index contributed by atoms with van der Waals surface area (Å²) in [6, 6.07) is 15.8. The summed E-state index contributed by atoms with van der Waals surface area (Å²) in [5, 5.41) is 9.17. The van der Waals surface area contributed by atoms with E-state index >= 15 is 0 Å². The molecule has 1 aliphatic rings. The van der Waals surface area contributed by atoms with Gasteiger partial charge in [-0.1, -0.05) is 77.6 Å². The Morgan fingerprint density at radius 1 is 0.923 bits per heavy atom. The number of carboxylic acid groups (broad SMARTS) is 1. The maximum Gasteiger partial charge on any atom is 0.335 e. The van der Waals surface area contributed by atoms with Crippen LogP contribution in [-0.2, 0) is 11.8 Å². The van der Waals surface area contributed by atoms with Gasteiger partial charge in [-0.05, 0) is 51.6 Å². The van der Waals surface area contributed by atoms with E-state index < -0.39 is 5.97 Å². The second-order valence-corrected chi connectivity index (χ2v) is 8.83. The number of rotatable bonds is 3. The van der Waals surface area contributed by atoms with E-state index in [0.29, 0.717) is 5.56 Å². The molecule has 1 aliphatic carbocycles. The van der Waals surface area contributed by atoms with Crippen LogP contribution >= 0.6 is 0 Å². The smallest absolute Gasteiger partial charge is 0.335 e. The number of fused-ring (bicyclic) bond motifs is 1. The average molecular weight is 348 g/mol. The van der Waals surface area contributed by atoms with E-state index in [0.717, 1.165) is 17.6 Å². The Hall–Kier alpha value is -2.35. The predicted molar refractivity (Wildman–Crippen MR) is 107 cm³/mol. The number of carbonyl (C=O) groups is 1. The highest BCUT2D eigenvalue weighted by atomic mass is 16.4. The van der Waals surface area contributed by atoms with Gasteiger partial charge >= 0.3 is 5.97 Å². The van der Waals surface area contributed by atoms with Crippen LogP contribution in [0.1, 0.15) is 61.7 Å². The Morgan fingerprint density at radius 3 is 2.04 bits per heavy atom. The number of carboxylic acids is 1. The van der Waals surface area contributed by atoms with Crippen molar-refractivity contribution >= 4 is 11.5 Å². The van der Waals surface area contributed by atoms with Crippen molar-refractivity contribution in [2.75, 3.05) is 0 Å². The van der Waals surface area contributed by atoms with Gasteiger partial charge in [0.15, 0.2) is 0 Å². The molecular weight excluding hydrogens is 320 g/mol. The fourth-order valence-electron chi connectivity index (χ4n) is 4.94. The number of benzene rings is 2. The van der Waals surface area contributed by atoms with Crippen molar-refractivity contribution in [3.8, 4) is 0 Å². The summed E-state index contributed by atoms with van der Waals surface area (Å²) < 4.78 is 0. The lowest BCUT2D eigenvalue weighted by Gasteiger charge is -2.59. The molecule has 0 saturated heterocycles. The monoisotopic (exact) mass is 348 g/mol. The van der Waals surface area contributed by atoms with Crippen molar-refractivity contribution < 1.29 is 9.90 Å². The highest BCUT2D eigenvalue weighted by Gasteiger charge is 2.57. The molecule has 2 heteroatoms. The van der Waals surface area contributed by atoms with E-state index in [1.165, 1.54) is 11.1 Å². The molecule has 2 aromatic carbocycles. The lowest BCUT2D eigenvalue weighted by Crippen LogP contribution is -2.54. The normalized spacial score (nSPS) is 23.1. The molecule has 26 heavy (non-hydrogen) atoms. The third-order valence-electron chi connectivity index (χ3n) is 7.01. The maximum atomic E-state index is 11.2. The van der Waals surface area contributed by atoms with Gasteiger partial charge in [-0.15, -0.1) is 0 Å². The molecule has 0 fully saturated rings. The van der Waals surface area contributed by atoms with Crippen LogP contribution in [0.4, 0.5) is 0 Å². The molecule has 0 saturated carbocycles. The van der Waals surface area contributed by atoms with Crippen LogP contribution in [0.3, 0.4) is 0 Å². The van der Waals surface area contributed by atoms with E-state index in [-0.39, 0.29) is 16.2 Å². The minimum absolute atomic E-state index is 0.00735. The molecular formula is C24H28O2. The quantitative estimate of drug-likeness (QED) is 0.742. The summed E-state index contributed by atoms with van der Waals surface area (Å²) in [6.45, 7) is 16.1. The Labute approximate surface area is 156 Å². The van der Waals surface area contributed by atoms with E-state index in [1.807, 2.05) is 12.1 Å². The van der Waals surface area contributed by atoms with Crippen LogP contribution in [0.15, 0.2) is 55.1 Å². The van der Waals surface area contributed by atoms with Crippen LogP contribution in [0.2, 0.25) is 0 Å². The molecule has 0 aromatic heterocycles. The largest absolute Gasteiger partial charge is 0.478 e. The molecule has 0 bridgehead atoms. The second-order valence-electron chi connectivity index (χ2n) is 8.83. The summed E-state index contributed by atoms with van der Waals surface area (Å²) in [7, 11) is 0. The zero-order chi connectivity index (χ0) is 19.3. The zero-order valence-corrected chi connectivity index (χ0v) is 16.4. The molecule has 1 N–H and O–H groups in total. The number of allylic oxidation sites excluding steroid dienone is 1. The van der Waals surface area contributed by atoms with Gasteiger partial charge in [0.2, 0.25) is 0 Å². The molecule has 1 atom stereocenters. The SMILES string of the molecule is C=C(c1ccc(C(=O)O)cc1)C1(C)C(C)(C)Cc2ccccc2C1(C)C. The standard InChI is InChI=1S/C24H28O2/c1-16(17-11-13-18(14-12-17)21(25)26)24(6)22(2,3)15-19-9-7-8-10-20(19)23(24,4)5/h7-14H,1,15H2,2-6H3,(H,25,26). The average Bonchev–Trinajstić information content (AvgIpc) is 2.59. The third kappa shape index (κ3) is 2.43. The highest BCUT2D eigenvalue weighted by molar-refractivity contribution is 5.88. The third-order valence-corrected chi connectivity index (χ3v) is 7.01. The van der Waals surface area contributed by atoms with Crippen molar-refractivity contribution in [3.05, 3.63) is 77.4 Å². The van der Waals surface area contributed by atoms with Crippen molar-refractivity contribution in [2.45, 2.75) is 46.5 Å². The van der Waals surface area contributed by atoms with Gasteiger partial charge in [-0.2, -0.15) is 0 Å². The van der Waals surface area contributed by atoms with Crippen LogP contribution in [-0.4, -0.2) is 11.1 Å². The van der Waals surface area contributed by atoms with E-state index in [4.69, 9.17) is 5.11 Å². The Morgan fingerprint density at radius 2 is 1.46 bits per heavy atom. The molecule has 0 spiro atoms. The molecule has 1 unspecified atom stereocenters. The van der Waals surface area contributed by atoms with Crippen molar-refractivity contribution in [2.24, 2.45) is 10.8 Å². The lowest BCUT2D eigenvalue weighted by atomic mass is 9.44. The van der Waals surface area contributed by atoms with Gasteiger partial charge in [0.1, 0.15) is 0 Å². The van der Waals surface area contributed by atoms with E-state index in [1.54, 1.807) is 12.1 Å². The van der Waals surface area contributed by atoms with Crippen LogP contribution < -0.4 is 0 Å². The summed E-state index contributed by atoms with van der Waals surface area (Å²) in [5.74, 6) is -0.902. The lowest BCUT2D eigenvalue weighted by molar-refractivity contribution is 0.0562. The first-order valence-electron chi connectivity index (χ1n) is 9.14. The maximum absolute atomic E-state index is 11.2. The minimum Gasteiger partial charge on any atom is -0.478 e. The summed E-state index contributed by atoms with van der Waals surface area (Å²) >= 11 is 0. The van der Waals surface area contributed by atoms with Crippen LogP contribution in [0.5, 0.6) is 0 Å². The predicted octanol–water partition coefficient (Wildman–Crippen LogP) is 5.96. The zero-order valence-electron chi connectivity index (χ0n) is 16.4. The van der Waals surface area contributed by atoms with Crippen molar-refractivity contribution in [1.29, 1.82) is 0 Å². The van der Waals surface area contributed by atoms with Crippen LogP contribution in [0, 0.1) is 10.8 Å². The molecule has 0 amide bonds. The van der Waals surface area contributed by atoms with E-state index in [9.17, 15) is 4.79 Å². The van der Waals surface area contributed by atoms with Gasteiger partial charge in [0.05, 0.1) is 5.56 Å². The van der Waals surface area contributed by atoms with Gasteiger partial charge in [0, 0.05) is 5.41 Å². The van der Waals surface area contributed by atoms with Gasteiger partial charge in [-0.25, -0.2) is 4.79 Å². The Balaban J connectivity index is 2.14. The Bertz CT molecular complexity index is 871. The molecule has 2 aromatic rings. The molecule has 3 rings (SSSR count). The van der Waals surface area contributed by atoms with Gasteiger partial charge < -0.3 is 5.11 Å². The molecule has 136 valence electrons. The summed E-state index contributed by atoms with van der Waals surface area (Å²) in [4.78, 5) is 11.2. The number of hydrogen-bond acceptors (Lipinski definition) is 1. The molecule has 0 heterocycles. The van der Waals surface area contributed by atoms with Crippen LogP contribution in [0.25, 0.3) is 5.57 Å². The molecule has 2 nitrogen and oxygen atoms in total. The Kier molecular flexibility index (Phi) is 4.14. The topological polar surface area (TPSA) is 37.3 Å². The van der Waals surface area contributed by atoms with Crippen molar-refractivity contribution in [1.82, 2.24) is 0 Å². The fraction of sp³-hybridized carbons (Fsp3) is 0.375. The van der Waals surface area contributed by atoms with Crippen molar-refractivity contribution in [3.63, 3.8) is 0 Å². The molecule has 0 aliphatic heterocycles. The minimum atomic E-state index is -0.902.